The summed E-state index contributed by atoms with van der Waals surface area (Å²) < 4.78 is 23.5. The third-order valence-corrected chi connectivity index (χ3v) is 2.25. The fourth-order valence-corrected chi connectivity index (χ4v) is 1.35. The molecule has 84 valence electrons. The van der Waals surface area contributed by atoms with Crippen LogP contribution >= 0.6 is 0 Å². The number of aliphatic hydroxyl groups is 1. The van der Waals surface area contributed by atoms with Crippen molar-refractivity contribution >= 4 is 0 Å². The Labute approximate surface area is 88.4 Å². The second kappa shape index (κ2) is 4.98. The smallest absolute Gasteiger partial charge is 0.163 e. The molecule has 0 aliphatic heterocycles. The summed E-state index contributed by atoms with van der Waals surface area (Å²) in [6.45, 7) is 1.78. The molecule has 1 rings (SSSR count). The van der Waals surface area contributed by atoms with E-state index in [0.29, 0.717) is 17.9 Å². The Bertz CT molecular complexity index is 339. The molecule has 0 amide bonds. The monoisotopic (exact) mass is 214 g/mol. The molecule has 0 saturated heterocycles. The van der Waals surface area contributed by atoms with Crippen LogP contribution in [0.25, 0.3) is 0 Å². The van der Waals surface area contributed by atoms with Crippen molar-refractivity contribution in [2.45, 2.75) is 19.4 Å². The maximum atomic E-state index is 13.5. The minimum atomic E-state index is -0.815. The van der Waals surface area contributed by atoms with E-state index in [0.717, 1.165) is 0 Å². The Kier molecular flexibility index (Phi) is 3.91. The van der Waals surface area contributed by atoms with E-state index < -0.39 is 11.9 Å². The fraction of sp³-hybridized carbons (Fsp3) is 0.455. The molecule has 3 nitrogen and oxygen atoms in total. The Morgan fingerprint density at radius 1 is 1.27 bits per heavy atom. The van der Waals surface area contributed by atoms with E-state index in [2.05, 4.69) is 0 Å². The van der Waals surface area contributed by atoms with Gasteiger partial charge in [0.2, 0.25) is 0 Å². The molecule has 0 saturated carbocycles. The summed E-state index contributed by atoms with van der Waals surface area (Å²) in [5, 5.41) is 9.56. The van der Waals surface area contributed by atoms with Gasteiger partial charge in [-0.2, -0.15) is 0 Å². The van der Waals surface area contributed by atoms with E-state index in [1.165, 1.54) is 26.4 Å². The molecule has 0 heterocycles. The van der Waals surface area contributed by atoms with Crippen molar-refractivity contribution in [2.75, 3.05) is 14.2 Å². The largest absolute Gasteiger partial charge is 0.493 e. The van der Waals surface area contributed by atoms with Crippen LogP contribution in [0.1, 0.15) is 25.0 Å². The molecule has 0 aromatic heterocycles. The molecule has 1 atom stereocenters. The molecule has 0 unspecified atom stereocenters. The molecule has 1 aromatic rings. The molecule has 0 bridgehead atoms. The number of halogens is 1. The highest BCUT2D eigenvalue weighted by Gasteiger charge is 2.15. The first-order valence-electron chi connectivity index (χ1n) is 4.73. The van der Waals surface area contributed by atoms with E-state index in [1.54, 1.807) is 6.92 Å². The molecule has 0 aliphatic carbocycles. The third kappa shape index (κ3) is 2.39. The summed E-state index contributed by atoms with van der Waals surface area (Å²) >= 11 is 0. The van der Waals surface area contributed by atoms with Gasteiger partial charge in [0, 0.05) is 11.6 Å². The van der Waals surface area contributed by atoms with E-state index in [4.69, 9.17) is 9.47 Å². The van der Waals surface area contributed by atoms with Crippen molar-refractivity contribution in [2.24, 2.45) is 0 Å². The molecule has 1 N–H and O–H groups in total. The lowest BCUT2D eigenvalue weighted by molar-refractivity contribution is 0.168. The van der Waals surface area contributed by atoms with Crippen molar-refractivity contribution in [3.8, 4) is 11.5 Å². The average Bonchev–Trinajstić information content (AvgIpc) is 2.27. The van der Waals surface area contributed by atoms with E-state index in [-0.39, 0.29) is 5.56 Å². The van der Waals surface area contributed by atoms with E-state index >= 15 is 0 Å². The number of hydrogen-bond donors (Lipinski definition) is 1. The third-order valence-electron chi connectivity index (χ3n) is 2.25. The van der Waals surface area contributed by atoms with Crippen LogP contribution in [0.5, 0.6) is 11.5 Å². The summed E-state index contributed by atoms with van der Waals surface area (Å²) in [4.78, 5) is 0. The van der Waals surface area contributed by atoms with Crippen molar-refractivity contribution in [3.63, 3.8) is 0 Å². The highest BCUT2D eigenvalue weighted by atomic mass is 19.1. The highest BCUT2D eigenvalue weighted by molar-refractivity contribution is 5.44. The van der Waals surface area contributed by atoms with Crippen LogP contribution < -0.4 is 9.47 Å². The maximum absolute atomic E-state index is 13.5. The Morgan fingerprint density at radius 3 is 2.27 bits per heavy atom. The summed E-state index contributed by atoms with van der Waals surface area (Å²) in [5.74, 6) is 0.255. The Morgan fingerprint density at radius 2 is 1.80 bits per heavy atom. The zero-order chi connectivity index (χ0) is 11.4. The quantitative estimate of drug-likeness (QED) is 0.835. The molecule has 0 spiro atoms. The molecule has 1 aromatic carbocycles. The topological polar surface area (TPSA) is 38.7 Å². The van der Waals surface area contributed by atoms with Crippen LogP contribution in [0, 0.1) is 5.82 Å². The summed E-state index contributed by atoms with van der Waals surface area (Å²) in [5.41, 5.74) is 0.232. The van der Waals surface area contributed by atoms with Gasteiger partial charge in [-0.15, -0.1) is 0 Å². The molecule has 15 heavy (non-hydrogen) atoms. The predicted molar refractivity (Wildman–Crippen MR) is 54.8 cm³/mol. The summed E-state index contributed by atoms with van der Waals surface area (Å²) in [7, 11) is 2.91. The molecule has 4 heteroatoms. The first kappa shape index (κ1) is 11.8. The molecule has 0 aliphatic rings. The first-order chi connectivity index (χ1) is 7.13. The molecule has 0 radical (unpaired) electrons. The van der Waals surface area contributed by atoms with Crippen LogP contribution in [-0.2, 0) is 0 Å². The Balaban J connectivity index is 3.19. The fourth-order valence-electron chi connectivity index (χ4n) is 1.35. The SMILES string of the molecule is CC[C@H](O)c1cc(OC)c(OC)cc1F. The van der Waals surface area contributed by atoms with Gasteiger partial charge in [-0.1, -0.05) is 6.92 Å². The number of hydrogen-bond acceptors (Lipinski definition) is 3. The van der Waals surface area contributed by atoms with Gasteiger partial charge in [-0.3, -0.25) is 0 Å². The zero-order valence-electron chi connectivity index (χ0n) is 9.08. The summed E-state index contributed by atoms with van der Waals surface area (Å²) in [6, 6.07) is 2.68. The molecular weight excluding hydrogens is 199 g/mol. The maximum Gasteiger partial charge on any atom is 0.163 e. The van der Waals surface area contributed by atoms with Gasteiger partial charge in [0.15, 0.2) is 11.5 Å². The van der Waals surface area contributed by atoms with Gasteiger partial charge in [0.1, 0.15) is 5.82 Å². The molecular formula is C11H15FO3. The zero-order valence-corrected chi connectivity index (χ0v) is 9.08. The van der Waals surface area contributed by atoms with E-state index in [9.17, 15) is 9.50 Å². The second-order valence-electron chi connectivity index (χ2n) is 3.15. The van der Waals surface area contributed by atoms with Gasteiger partial charge >= 0.3 is 0 Å². The van der Waals surface area contributed by atoms with Crippen LogP contribution in [0.2, 0.25) is 0 Å². The van der Waals surface area contributed by atoms with Gasteiger partial charge in [0.25, 0.3) is 0 Å². The van der Waals surface area contributed by atoms with Crippen molar-refractivity contribution < 1.29 is 19.0 Å². The average molecular weight is 214 g/mol. The predicted octanol–water partition coefficient (Wildman–Crippen LogP) is 2.29. The Hall–Kier alpha value is -1.29. The van der Waals surface area contributed by atoms with E-state index in [1.807, 2.05) is 0 Å². The highest BCUT2D eigenvalue weighted by Crippen LogP contribution is 2.33. The minimum absolute atomic E-state index is 0.232. The number of methoxy groups -OCH3 is 2. The first-order valence-corrected chi connectivity index (χ1v) is 4.73. The van der Waals surface area contributed by atoms with Crippen molar-refractivity contribution in [1.29, 1.82) is 0 Å². The van der Waals surface area contributed by atoms with Gasteiger partial charge in [-0.25, -0.2) is 4.39 Å². The molecule has 0 fully saturated rings. The number of aliphatic hydroxyl groups excluding tert-OH is 1. The summed E-state index contributed by atoms with van der Waals surface area (Å²) in [6.07, 6.45) is -0.364. The van der Waals surface area contributed by atoms with Gasteiger partial charge in [-0.05, 0) is 12.5 Å². The lowest BCUT2D eigenvalue weighted by Gasteiger charge is -2.13. The normalized spacial score (nSPS) is 12.3. The number of rotatable bonds is 4. The van der Waals surface area contributed by atoms with Crippen molar-refractivity contribution in [1.82, 2.24) is 0 Å². The lowest BCUT2D eigenvalue weighted by atomic mass is 10.1. The van der Waals surface area contributed by atoms with Gasteiger partial charge < -0.3 is 14.6 Å². The van der Waals surface area contributed by atoms with Crippen LogP contribution in [-0.4, -0.2) is 19.3 Å². The minimum Gasteiger partial charge on any atom is -0.493 e. The van der Waals surface area contributed by atoms with Crippen molar-refractivity contribution in [3.05, 3.63) is 23.5 Å². The van der Waals surface area contributed by atoms with Crippen LogP contribution in [0.4, 0.5) is 4.39 Å². The van der Waals surface area contributed by atoms with Crippen LogP contribution in [0.3, 0.4) is 0 Å². The number of ether oxygens (including phenoxy) is 2. The van der Waals surface area contributed by atoms with Gasteiger partial charge in [0.05, 0.1) is 20.3 Å². The number of benzene rings is 1. The standard InChI is InChI=1S/C11H15FO3/c1-4-9(13)7-5-10(14-2)11(15-3)6-8(7)12/h5-6,9,13H,4H2,1-3H3/t9-/m0/s1. The lowest BCUT2D eigenvalue weighted by Crippen LogP contribution is -2.01. The van der Waals surface area contributed by atoms with Crippen LogP contribution in [0.15, 0.2) is 12.1 Å². The second-order valence-corrected chi connectivity index (χ2v) is 3.15.